The molecule has 0 spiro atoms. The van der Waals surface area contributed by atoms with Gasteiger partial charge in [-0.2, -0.15) is 0 Å². The van der Waals surface area contributed by atoms with Crippen molar-refractivity contribution >= 4 is 22.4 Å². The molecule has 8 rings (SSSR count). The molecular formula is C46H37N3. The van der Waals surface area contributed by atoms with Crippen molar-refractivity contribution < 1.29 is 0 Å². The Morgan fingerprint density at radius 3 is 2.00 bits per heavy atom. The van der Waals surface area contributed by atoms with Crippen molar-refractivity contribution in [1.29, 1.82) is 0 Å². The number of amidine groups is 2. The summed E-state index contributed by atoms with van der Waals surface area (Å²) in [4.78, 5) is 10.1. The van der Waals surface area contributed by atoms with E-state index >= 15 is 0 Å². The second-order valence-corrected chi connectivity index (χ2v) is 13.2. The van der Waals surface area contributed by atoms with Crippen LogP contribution >= 0.6 is 0 Å². The molecule has 3 nitrogen and oxygen atoms in total. The van der Waals surface area contributed by atoms with Gasteiger partial charge in [-0.25, -0.2) is 4.99 Å². The summed E-state index contributed by atoms with van der Waals surface area (Å²) in [7, 11) is 0. The topological polar surface area (TPSA) is 50.7 Å². The number of hydrogen-bond donors (Lipinski definition) is 1. The second kappa shape index (κ2) is 12.5. The maximum Gasteiger partial charge on any atom is 0.157 e. The molecule has 1 aliphatic carbocycles. The minimum absolute atomic E-state index is 0.0443. The maximum atomic E-state index is 6.64. The molecule has 0 atom stereocenters. The number of benzene rings is 7. The first-order valence-electron chi connectivity index (χ1n) is 16.8. The van der Waals surface area contributed by atoms with E-state index in [0.29, 0.717) is 18.2 Å². The molecule has 236 valence electrons. The fourth-order valence-corrected chi connectivity index (χ4v) is 7.20. The van der Waals surface area contributed by atoms with Gasteiger partial charge in [0, 0.05) is 22.1 Å². The minimum Gasteiger partial charge on any atom is -0.383 e. The first-order valence-corrected chi connectivity index (χ1v) is 16.8. The van der Waals surface area contributed by atoms with Gasteiger partial charge in [0.05, 0.1) is 6.54 Å². The van der Waals surface area contributed by atoms with Gasteiger partial charge >= 0.3 is 0 Å². The highest BCUT2D eigenvalue weighted by molar-refractivity contribution is 6.17. The number of fused-ring (bicyclic) bond motifs is 4. The van der Waals surface area contributed by atoms with Crippen LogP contribution in [0, 0.1) is 0 Å². The molecule has 1 aliphatic rings. The molecule has 7 aromatic rings. The molecule has 7 aromatic carbocycles. The van der Waals surface area contributed by atoms with Crippen molar-refractivity contribution in [3.63, 3.8) is 0 Å². The van der Waals surface area contributed by atoms with E-state index in [4.69, 9.17) is 15.7 Å². The first kappa shape index (κ1) is 30.3. The van der Waals surface area contributed by atoms with Crippen molar-refractivity contribution in [1.82, 2.24) is 0 Å². The van der Waals surface area contributed by atoms with E-state index in [1.54, 1.807) is 0 Å². The fourth-order valence-electron chi connectivity index (χ4n) is 7.20. The van der Waals surface area contributed by atoms with Crippen LogP contribution in [0.5, 0.6) is 0 Å². The van der Waals surface area contributed by atoms with Crippen LogP contribution in [0.2, 0.25) is 0 Å². The average molecular weight is 632 g/mol. The maximum absolute atomic E-state index is 6.64. The fraction of sp³-hybridized carbons (Fsp3) is 0.0870. The zero-order valence-electron chi connectivity index (χ0n) is 27.8. The predicted octanol–water partition coefficient (Wildman–Crippen LogP) is 10.8. The van der Waals surface area contributed by atoms with Gasteiger partial charge in [0.1, 0.15) is 5.84 Å². The van der Waals surface area contributed by atoms with Crippen LogP contribution in [0.4, 0.5) is 0 Å². The van der Waals surface area contributed by atoms with E-state index < -0.39 is 0 Å². The molecule has 0 radical (unpaired) electrons. The van der Waals surface area contributed by atoms with Crippen LogP contribution < -0.4 is 5.73 Å². The Kier molecular flexibility index (Phi) is 7.74. The zero-order valence-corrected chi connectivity index (χ0v) is 27.8. The summed E-state index contributed by atoms with van der Waals surface area (Å²) in [6, 6.07) is 57.6. The standard InChI is InChI=1S/C46H37N3/c1-46(2)41-20-12-11-19-38(41)39-27-26-36(29-42(39)46)32-21-23-34(24-22-32)43-37-18-10-9-15-33(37)25-28-40(43)45(48-30-31-13-5-3-6-14-31)49-44(47)35-16-7-4-8-17-35/h3-29H,30H2,1-2H3,(H2,47,48,49). The number of nitrogens with zero attached hydrogens (tertiary/aromatic N) is 2. The monoisotopic (exact) mass is 631 g/mol. The molecule has 0 bridgehead atoms. The Labute approximate surface area is 288 Å². The molecule has 2 N–H and O–H groups in total. The third-order valence-corrected chi connectivity index (χ3v) is 9.81. The Morgan fingerprint density at radius 2 is 1.20 bits per heavy atom. The summed E-state index contributed by atoms with van der Waals surface area (Å²) in [6.07, 6.45) is 0. The highest BCUT2D eigenvalue weighted by Crippen LogP contribution is 2.49. The molecule has 0 heterocycles. The Bertz CT molecular complexity index is 2370. The third kappa shape index (κ3) is 5.64. The lowest BCUT2D eigenvalue weighted by molar-refractivity contribution is 0.660. The van der Waals surface area contributed by atoms with Gasteiger partial charge in [0.25, 0.3) is 0 Å². The second-order valence-electron chi connectivity index (χ2n) is 13.2. The molecule has 0 fully saturated rings. The largest absolute Gasteiger partial charge is 0.383 e. The normalized spacial score (nSPS) is 13.7. The zero-order chi connectivity index (χ0) is 33.4. The molecule has 0 amide bonds. The summed E-state index contributed by atoms with van der Waals surface area (Å²) in [6.45, 7) is 5.15. The average Bonchev–Trinajstić information content (AvgIpc) is 3.39. The molecule has 3 heteroatoms. The van der Waals surface area contributed by atoms with Crippen LogP contribution in [0.15, 0.2) is 174 Å². The molecule has 0 aromatic heterocycles. The molecule has 0 saturated carbocycles. The molecule has 0 aliphatic heterocycles. The van der Waals surface area contributed by atoms with Crippen LogP contribution in [-0.4, -0.2) is 11.7 Å². The van der Waals surface area contributed by atoms with Crippen LogP contribution in [0.3, 0.4) is 0 Å². The molecular weight excluding hydrogens is 595 g/mol. The van der Waals surface area contributed by atoms with Gasteiger partial charge < -0.3 is 5.73 Å². The van der Waals surface area contributed by atoms with Crippen LogP contribution in [-0.2, 0) is 12.0 Å². The summed E-state index contributed by atoms with van der Waals surface area (Å²) in [5.74, 6) is 1.04. The molecule has 0 unspecified atom stereocenters. The molecule has 49 heavy (non-hydrogen) atoms. The van der Waals surface area contributed by atoms with E-state index in [-0.39, 0.29) is 5.41 Å². The van der Waals surface area contributed by atoms with Gasteiger partial charge in [-0.3, -0.25) is 4.99 Å². The summed E-state index contributed by atoms with van der Waals surface area (Å²) >= 11 is 0. The Morgan fingerprint density at radius 1 is 0.571 bits per heavy atom. The van der Waals surface area contributed by atoms with Crippen molar-refractivity contribution in [2.24, 2.45) is 15.7 Å². The minimum atomic E-state index is -0.0443. The Balaban J connectivity index is 1.24. The number of hydrogen-bond acceptors (Lipinski definition) is 1. The van der Waals surface area contributed by atoms with Gasteiger partial charge in [0.2, 0.25) is 0 Å². The summed E-state index contributed by atoms with van der Waals surface area (Å²) in [5.41, 5.74) is 19.5. The molecule has 0 saturated heterocycles. The lowest BCUT2D eigenvalue weighted by atomic mass is 9.81. The SMILES string of the molecule is CC1(C)c2ccccc2-c2ccc(-c3ccc(-c4c(C(/N=C(\N)c5ccccc5)=N/Cc5ccccc5)ccc5ccccc45)cc3)cc21. The van der Waals surface area contributed by atoms with E-state index in [0.717, 1.165) is 38.6 Å². The third-order valence-electron chi connectivity index (χ3n) is 9.81. The highest BCUT2D eigenvalue weighted by Gasteiger charge is 2.35. The van der Waals surface area contributed by atoms with Crippen molar-refractivity contribution in [2.45, 2.75) is 25.8 Å². The number of nitrogens with two attached hydrogens (primary N) is 1. The first-order chi connectivity index (χ1) is 24.0. The van der Waals surface area contributed by atoms with Gasteiger partial charge in [-0.15, -0.1) is 0 Å². The van der Waals surface area contributed by atoms with Gasteiger partial charge in [-0.1, -0.05) is 166 Å². The van der Waals surface area contributed by atoms with Gasteiger partial charge in [0.15, 0.2) is 5.84 Å². The van der Waals surface area contributed by atoms with Crippen molar-refractivity contribution in [3.8, 4) is 33.4 Å². The lowest BCUT2D eigenvalue weighted by Crippen LogP contribution is -2.16. The van der Waals surface area contributed by atoms with E-state index in [9.17, 15) is 0 Å². The predicted molar refractivity (Wildman–Crippen MR) is 206 cm³/mol. The van der Waals surface area contributed by atoms with Crippen molar-refractivity contribution in [2.75, 3.05) is 0 Å². The van der Waals surface area contributed by atoms with E-state index in [2.05, 4.69) is 129 Å². The Hall–Kier alpha value is -6.06. The van der Waals surface area contributed by atoms with Crippen LogP contribution in [0.25, 0.3) is 44.2 Å². The van der Waals surface area contributed by atoms with E-state index in [1.165, 1.54) is 33.4 Å². The number of aliphatic imine (C=N–C) groups is 2. The van der Waals surface area contributed by atoms with Gasteiger partial charge in [-0.05, 0) is 67.4 Å². The number of rotatable bonds is 6. The lowest BCUT2D eigenvalue weighted by Gasteiger charge is -2.22. The quantitative estimate of drug-likeness (QED) is 0.144. The highest BCUT2D eigenvalue weighted by atomic mass is 15.0. The van der Waals surface area contributed by atoms with E-state index in [1.807, 2.05) is 48.5 Å². The van der Waals surface area contributed by atoms with Crippen LogP contribution in [0.1, 0.15) is 41.7 Å². The summed E-state index contributed by atoms with van der Waals surface area (Å²) < 4.78 is 0. The van der Waals surface area contributed by atoms with Crippen molar-refractivity contribution in [3.05, 3.63) is 192 Å². The summed E-state index contributed by atoms with van der Waals surface area (Å²) in [5, 5.41) is 2.30. The smallest absolute Gasteiger partial charge is 0.157 e.